The number of amides is 2. The third kappa shape index (κ3) is 4.83. The summed E-state index contributed by atoms with van der Waals surface area (Å²) in [6.45, 7) is 0.269. The van der Waals surface area contributed by atoms with Gasteiger partial charge in [0.25, 0.3) is 0 Å². The number of hydrogen-bond donors (Lipinski definition) is 2. The Morgan fingerprint density at radius 3 is 2.43 bits per heavy atom. The van der Waals surface area contributed by atoms with Crippen LogP contribution in [0.3, 0.4) is 0 Å². The number of carbonyl (C=O) groups excluding carboxylic acids is 1. The Morgan fingerprint density at radius 1 is 0.893 bits per heavy atom. The summed E-state index contributed by atoms with van der Waals surface area (Å²) >= 11 is 0. The Labute approximate surface area is 160 Å². The first-order chi connectivity index (χ1) is 13.4. The number of halogens is 3. The summed E-state index contributed by atoms with van der Waals surface area (Å²) in [7, 11) is 0. The minimum atomic E-state index is -4.46. The zero-order valence-electron chi connectivity index (χ0n) is 14.8. The first-order valence-electron chi connectivity index (χ1n) is 8.58. The van der Waals surface area contributed by atoms with Crippen molar-refractivity contribution in [2.75, 3.05) is 6.54 Å². The van der Waals surface area contributed by atoms with Gasteiger partial charge >= 0.3 is 12.2 Å². The lowest BCUT2D eigenvalue weighted by atomic mass is 10.0. The van der Waals surface area contributed by atoms with Crippen LogP contribution >= 0.6 is 0 Å². The van der Waals surface area contributed by atoms with Gasteiger partial charge in [-0.1, -0.05) is 66.4 Å². The molecule has 0 atom stereocenters. The zero-order chi connectivity index (χ0) is 20.0. The molecule has 2 N–H and O–H groups in total. The molecule has 0 aliphatic carbocycles. The molecule has 0 heterocycles. The maximum Gasteiger partial charge on any atom is 0.417 e. The highest BCUT2D eigenvalue weighted by Crippen LogP contribution is 2.31. The Balaban J connectivity index is 1.56. The van der Waals surface area contributed by atoms with Crippen molar-refractivity contribution in [3.05, 3.63) is 83.4 Å². The van der Waals surface area contributed by atoms with Gasteiger partial charge in [-0.05, 0) is 28.5 Å². The van der Waals surface area contributed by atoms with E-state index in [0.29, 0.717) is 6.54 Å². The van der Waals surface area contributed by atoms with Crippen LogP contribution in [0.25, 0.3) is 10.8 Å². The molecule has 6 heteroatoms. The van der Waals surface area contributed by atoms with E-state index in [4.69, 9.17) is 0 Å². The molecular formula is C22H17F3N2O. The minimum Gasteiger partial charge on any atom is -0.334 e. The van der Waals surface area contributed by atoms with E-state index in [1.165, 1.54) is 18.2 Å². The Hall–Kier alpha value is -3.46. The van der Waals surface area contributed by atoms with Crippen LogP contribution in [0, 0.1) is 11.8 Å². The lowest BCUT2D eigenvalue weighted by molar-refractivity contribution is -0.137. The Morgan fingerprint density at radius 2 is 1.61 bits per heavy atom. The Kier molecular flexibility index (Phi) is 5.85. The van der Waals surface area contributed by atoms with Crippen molar-refractivity contribution in [3.8, 4) is 11.8 Å². The molecule has 0 unspecified atom stereocenters. The van der Waals surface area contributed by atoms with Crippen molar-refractivity contribution in [1.82, 2.24) is 10.6 Å². The van der Waals surface area contributed by atoms with Gasteiger partial charge in [-0.15, -0.1) is 0 Å². The van der Waals surface area contributed by atoms with Crippen LogP contribution in [-0.2, 0) is 12.7 Å². The molecular weight excluding hydrogens is 365 g/mol. The molecule has 142 valence electrons. The van der Waals surface area contributed by atoms with E-state index in [2.05, 4.69) is 22.5 Å². The average Bonchev–Trinajstić information content (AvgIpc) is 2.69. The second kappa shape index (κ2) is 8.49. The summed E-state index contributed by atoms with van der Waals surface area (Å²) in [5, 5.41) is 7.38. The highest BCUT2D eigenvalue weighted by molar-refractivity contribution is 5.86. The molecule has 0 radical (unpaired) electrons. The van der Waals surface area contributed by atoms with Gasteiger partial charge in [-0.3, -0.25) is 0 Å². The third-order valence-corrected chi connectivity index (χ3v) is 4.11. The van der Waals surface area contributed by atoms with Crippen LogP contribution in [0.15, 0.2) is 66.7 Å². The maximum atomic E-state index is 12.9. The number of benzene rings is 3. The van der Waals surface area contributed by atoms with E-state index in [1.54, 1.807) is 0 Å². The van der Waals surface area contributed by atoms with E-state index < -0.39 is 17.8 Å². The van der Waals surface area contributed by atoms with E-state index >= 15 is 0 Å². The SMILES string of the molecule is O=C(NCC#Cc1ccccc1C(F)(F)F)NCc1cccc2ccccc12. The van der Waals surface area contributed by atoms with Gasteiger partial charge in [0.1, 0.15) is 0 Å². The van der Waals surface area contributed by atoms with E-state index in [9.17, 15) is 18.0 Å². The lowest BCUT2D eigenvalue weighted by Gasteiger charge is -2.09. The molecule has 3 aromatic carbocycles. The zero-order valence-corrected chi connectivity index (χ0v) is 14.8. The number of nitrogens with one attached hydrogen (secondary N) is 2. The standard InChI is InChI=1S/C22H17F3N2O/c23-22(24,25)20-13-4-2-8-17(20)11-6-14-26-21(28)27-15-18-10-5-9-16-7-1-3-12-19(16)18/h1-5,7-10,12-13H,14-15H2,(H2,26,27,28). The highest BCUT2D eigenvalue weighted by atomic mass is 19.4. The van der Waals surface area contributed by atoms with Crippen LogP contribution in [0.1, 0.15) is 16.7 Å². The first-order valence-corrected chi connectivity index (χ1v) is 8.58. The predicted octanol–water partition coefficient (Wildman–Crippen LogP) is 4.71. The van der Waals surface area contributed by atoms with Gasteiger partial charge < -0.3 is 10.6 Å². The van der Waals surface area contributed by atoms with Crippen LogP contribution in [0.5, 0.6) is 0 Å². The van der Waals surface area contributed by atoms with Crippen LogP contribution < -0.4 is 10.6 Å². The molecule has 0 aromatic heterocycles. The molecule has 0 bridgehead atoms. The van der Waals surface area contributed by atoms with E-state index in [0.717, 1.165) is 22.4 Å². The molecule has 28 heavy (non-hydrogen) atoms. The van der Waals surface area contributed by atoms with Crippen molar-refractivity contribution in [3.63, 3.8) is 0 Å². The summed E-state index contributed by atoms with van der Waals surface area (Å²) in [5.74, 6) is 5.01. The third-order valence-electron chi connectivity index (χ3n) is 4.11. The number of hydrogen-bond acceptors (Lipinski definition) is 1. The topological polar surface area (TPSA) is 41.1 Å². The van der Waals surface area contributed by atoms with Crippen LogP contribution in [0.2, 0.25) is 0 Å². The molecule has 2 amide bonds. The lowest BCUT2D eigenvalue weighted by Crippen LogP contribution is -2.35. The minimum absolute atomic E-state index is 0.0619. The molecule has 0 fully saturated rings. The summed E-state index contributed by atoms with van der Waals surface area (Å²) in [6.07, 6.45) is -4.46. The van der Waals surface area contributed by atoms with Crippen LogP contribution in [-0.4, -0.2) is 12.6 Å². The van der Waals surface area contributed by atoms with E-state index in [1.807, 2.05) is 42.5 Å². The molecule has 0 aliphatic rings. The number of urea groups is 1. The normalized spacial score (nSPS) is 10.8. The number of carbonyl (C=O) groups is 1. The van der Waals surface area contributed by atoms with Gasteiger partial charge in [0, 0.05) is 12.1 Å². The second-order valence-corrected chi connectivity index (χ2v) is 6.02. The summed E-state index contributed by atoms with van der Waals surface area (Å²) in [5.41, 5.74) is 0.0642. The second-order valence-electron chi connectivity index (χ2n) is 6.02. The molecule has 0 spiro atoms. The molecule has 3 rings (SSSR count). The van der Waals surface area contributed by atoms with Crippen molar-refractivity contribution < 1.29 is 18.0 Å². The summed E-state index contributed by atoms with van der Waals surface area (Å²) in [6, 6.07) is 18.3. The first kappa shape index (κ1) is 19.3. The average molecular weight is 382 g/mol. The van der Waals surface area contributed by atoms with E-state index in [-0.39, 0.29) is 12.1 Å². The van der Waals surface area contributed by atoms with Crippen molar-refractivity contribution >= 4 is 16.8 Å². The molecule has 3 aromatic rings. The largest absolute Gasteiger partial charge is 0.417 e. The highest BCUT2D eigenvalue weighted by Gasteiger charge is 2.32. The maximum absolute atomic E-state index is 12.9. The number of alkyl halides is 3. The number of fused-ring (bicyclic) bond motifs is 1. The molecule has 3 nitrogen and oxygen atoms in total. The summed E-state index contributed by atoms with van der Waals surface area (Å²) < 4.78 is 38.7. The van der Waals surface area contributed by atoms with Crippen molar-refractivity contribution in [2.45, 2.75) is 12.7 Å². The van der Waals surface area contributed by atoms with Gasteiger partial charge in [0.15, 0.2) is 0 Å². The van der Waals surface area contributed by atoms with Gasteiger partial charge in [-0.25, -0.2) is 4.79 Å². The molecule has 0 saturated heterocycles. The van der Waals surface area contributed by atoms with Gasteiger partial charge in [-0.2, -0.15) is 13.2 Å². The summed E-state index contributed by atoms with van der Waals surface area (Å²) in [4.78, 5) is 11.9. The number of rotatable bonds is 3. The molecule has 0 saturated carbocycles. The fourth-order valence-electron chi connectivity index (χ4n) is 2.79. The molecule has 0 aliphatic heterocycles. The predicted molar refractivity (Wildman–Crippen MR) is 103 cm³/mol. The monoisotopic (exact) mass is 382 g/mol. The van der Waals surface area contributed by atoms with Crippen molar-refractivity contribution in [1.29, 1.82) is 0 Å². The Bertz CT molecular complexity index is 1040. The van der Waals surface area contributed by atoms with Gasteiger partial charge in [0.2, 0.25) is 0 Å². The fourth-order valence-corrected chi connectivity index (χ4v) is 2.79. The smallest absolute Gasteiger partial charge is 0.334 e. The van der Waals surface area contributed by atoms with Gasteiger partial charge in [0.05, 0.1) is 12.1 Å². The quantitative estimate of drug-likeness (QED) is 0.633. The van der Waals surface area contributed by atoms with Crippen molar-refractivity contribution in [2.24, 2.45) is 0 Å². The van der Waals surface area contributed by atoms with Crippen LogP contribution in [0.4, 0.5) is 18.0 Å². The fraction of sp³-hybridized carbons (Fsp3) is 0.136.